The summed E-state index contributed by atoms with van der Waals surface area (Å²) in [6.45, 7) is 0. The van der Waals surface area contributed by atoms with Crippen molar-refractivity contribution in [3.63, 3.8) is 0 Å². The lowest BCUT2D eigenvalue weighted by Gasteiger charge is -2.09. The van der Waals surface area contributed by atoms with Gasteiger partial charge in [0.05, 0.1) is 18.2 Å². The molecule has 2 rings (SSSR count). The standard InChI is InChI=1S/C9H7F4N3O2.C9H6F4O3/c10-6-3-4(18-9(11,12)13)1-2-5(6)7(17)16-8(14)15;1-15-8(14)6-3-2-5(4-7(6)10)16-9(11,12)13/h1-3H,(H4,14,15,16,17);2-4H,1H3. The molecule has 0 atom stereocenters. The molecule has 4 N–H and O–H groups in total. The first-order valence-electron chi connectivity index (χ1n) is 8.35. The molecule has 0 heterocycles. The Hall–Kier alpha value is -4.11. The third-order valence-electron chi connectivity index (χ3n) is 3.21. The normalized spacial score (nSPS) is 11.0. The van der Waals surface area contributed by atoms with Gasteiger partial charge in [0.25, 0.3) is 5.91 Å². The Bertz CT molecular complexity index is 1070. The number of ether oxygens (including phenoxy) is 3. The number of benzene rings is 2. The average Bonchev–Trinajstić information content (AvgIpc) is 2.65. The minimum absolute atomic E-state index is 0.406. The lowest BCUT2D eigenvalue weighted by Crippen LogP contribution is -2.24. The van der Waals surface area contributed by atoms with E-state index in [9.17, 15) is 44.7 Å². The van der Waals surface area contributed by atoms with Crippen molar-refractivity contribution in [3.8, 4) is 11.5 Å². The number of esters is 1. The van der Waals surface area contributed by atoms with Crippen LogP contribution in [0.25, 0.3) is 0 Å². The molecule has 16 heteroatoms. The fraction of sp³-hybridized carbons (Fsp3) is 0.167. The Balaban J connectivity index is 0.000000342. The minimum atomic E-state index is -4.95. The van der Waals surface area contributed by atoms with Crippen LogP contribution in [0.4, 0.5) is 35.1 Å². The van der Waals surface area contributed by atoms with Gasteiger partial charge in [0.15, 0.2) is 5.96 Å². The van der Waals surface area contributed by atoms with E-state index in [1.54, 1.807) is 0 Å². The number of hydrogen-bond donors (Lipinski definition) is 2. The SMILES string of the molecule is COC(=O)c1ccc(OC(F)(F)F)cc1F.NC(N)=NC(=O)c1ccc(OC(F)(F)F)cc1F. The number of halogens is 8. The van der Waals surface area contributed by atoms with Crippen molar-refractivity contribution in [2.45, 2.75) is 12.7 Å². The van der Waals surface area contributed by atoms with E-state index in [1.165, 1.54) is 0 Å². The highest BCUT2D eigenvalue weighted by Crippen LogP contribution is 2.25. The number of nitrogens with two attached hydrogens (primary N) is 2. The van der Waals surface area contributed by atoms with Gasteiger partial charge >= 0.3 is 18.7 Å². The van der Waals surface area contributed by atoms with E-state index >= 15 is 0 Å². The molecule has 34 heavy (non-hydrogen) atoms. The summed E-state index contributed by atoms with van der Waals surface area (Å²) in [5.41, 5.74) is 8.78. The van der Waals surface area contributed by atoms with Crippen molar-refractivity contribution < 1.29 is 58.9 Å². The zero-order valence-corrected chi connectivity index (χ0v) is 16.6. The minimum Gasteiger partial charge on any atom is -0.465 e. The fourth-order valence-electron chi connectivity index (χ4n) is 2.01. The smallest absolute Gasteiger partial charge is 0.465 e. The van der Waals surface area contributed by atoms with E-state index in [1.807, 2.05) is 0 Å². The van der Waals surface area contributed by atoms with Crippen LogP contribution in [-0.2, 0) is 4.74 Å². The largest absolute Gasteiger partial charge is 0.573 e. The Kier molecular flexibility index (Phi) is 9.16. The molecule has 0 aliphatic rings. The Morgan fingerprint density at radius 2 is 1.21 bits per heavy atom. The molecule has 0 bridgehead atoms. The summed E-state index contributed by atoms with van der Waals surface area (Å²) >= 11 is 0. The molecule has 8 nitrogen and oxygen atoms in total. The summed E-state index contributed by atoms with van der Waals surface area (Å²) in [5, 5.41) is 0. The van der Waals surface area contributed by atoms with Crippen LogP contribution in [0.2, 0.25) is 0 Å². The molecule has 0 saturated heterocycles. The summed E-state index contributed by atoms with van der Waals surface area (Å²) in [7, 11) is 1.03. The molecule has 1 amide bonds. The van der Waals surface area contributed by atoms with Crippen LogP contribution in [-0.4, -0.2) is 37.7 Å². The van der Waals surface area contributed by atoms with Crippen molar-refractivity contribution in [3.05, 3.63) is 59.2 Å². The van der Waals surface area contributed by atoms with E-state index in [4.69, 9.17) is 11.5 Å². The molecule has 0 aliphatic heterocycles. The lowest BCUT2D eigenvalue weighted by atomic mass is 10.2. The topological polar surface area (TPSA) is 126 Å². The molecule has 0 aliphatic carbocycles. The van der Waals surface area contributed by atoms with Crippen LogP contribution in [0.15, 0.2) is 41.4 Å². The molecule has 0 aromatic heterocycles. The number of hydrogen-bond acceptors (Lipinski definition) is 5. The predicted octanol–water partition coefficient (Wildman–Crippen LogP) is 3.65. The molecular formula is C18H13F8N3O5. The first-order chi connectivity index (χ1) is 15.5. The van der Waals surface area contributed by atoms with Gasteiger partial charge in [-0.15, -0.1) is 26.3 Å². The fourth-order valence-corrected chi connectivity index (χ4v) is 2.01. The molecule has 0 saturated carbocycles. The van der Waals surface area contributed by atoms with Crippen molar-refractivity contribution in [1.29, 1.82) is 0 Å². The van der Waals surface area contributed by atoms with E-state index in [2.05, 4.69) is 19.2 Å². The van der Waals surface area contributed by atoms with Crippen molar-refractivity contribution >= 4 is 17.8 Å². The quantitative estimate of drug-likeness (QED) is 0.282. The zero-order valence-electron chi connectivity index (χ0n) is 16.6. The third kappa shape index (κ3) is 9.58. The summed E-state index contributed by atoms with van der Waals surface area (Å²) in [6, 6.07) is 4.09. The summed E-state index contributed by atoms with van der Waals surface area (Å²) in [4.78, 5) is 25.2. The summed E-state index contributed by atoms with van der Waals surface area (Å²) < 4.78 is 108. The first-order valence-corrected chi connectivity index (χ1v) is 8.35. The maximum atomic E-state index is 13.3. The monoisotopic (exact) mass is 503 g/mol. The maximum Gasteiger partial charge on any atom is 0.573 e. The van der Waals surface area contributed by atoms with Gasteiger partial charge in [-0.3, -0.25) is 4.79 Å². The van der Waals surface area contributed by atoms with E-state index in [0.29, 0.717) is 12.1 Å². The maximum absolute atomic E-state index is 13.3. The number of methoxy groups -OCH3 is 1. The van der Waals surface area contributed by atoms with Crippen molar-refractivity contribution in [1.82, 2.24) is 0 Å². The first kappa shape index (κ1) is 27.9. The molecule has 0 spiro atoms. The second kappa shape index (κ2) is 11.2. The van der Waals surface area contributed by atoms with E-state index in [0.717, 1.165) is 31.4 Å². The van der Waals surface area contributed by atoms with Crippen LogP contribution in [0, 0.1) is 11.6 Å². The van der Waals surface area contributed by atoms with Crippen LogP contribution >= 0.6 is 0 Å². The Labute approximate surface area is 184 Å². The molecular weight excluding hydrogens is 490 g/mol. The third-order valence-corrected chi connectivity index (χ3v) is 3.21. The average molecular weight is 503 g/mol. The molecule has 2 aromatic rings. The van der Waals surface area contributed by atoms with Gasteiger partial charge in [0.1, 0.15) is 23.1 Å². The highest BCUT2D eigenvalue weighted by Gasteiger charge is 2.32. The van der Waals surface area contributed by atoms with Crippen molar-refractivity contribution in [2.24, 2.45) is 16.5 Å². The molecule has 0 radical (unpaired) electrons. The van der Waals surface area contributed by atoms with Gasteiger partial charge < -0.3 is 25.7 Å². The molecule has 2 aromatic carbocycles. The second-order valence-corrected chi connectivity index (χ2v) is 5.71. The van der Waals surface area contributed by atoms with Gasteiger partial charge in [0, 0.05) is 12.1 Å². The number of aliphatic imine (C=N–C) groups is 1. The van der Waals surface area contributed by atoms with Crippen LogP contribution in [0.3, 0.4) is 0 Å². The highest BCUT2D eigenvalue weighted by atomic mass is 19.4. The van der Waals surface area contributed by atoms with Gasteiger partial charge in [-0.05, 0) is 24.3 Å². The van der Waals surface area contributed by atoms with E-state index < -0.39 is 64.8 Å². The highest BCUT2D eigenvalue weighted by molar-refractivity contribution is 6.02. The zero-order chi connectivity index (χ0) is 26.3. The number of rotatable bonds is 4. The summed E-state index contributed by atoms with van der Waals surface area (Å²) in [5.74, 6) is -6.57. The molecule has 0 unspecified atom stereocenters. The second-order valence-electron chi connectivity index (χ2n) is 5.71. The Morgan fingerprint density at radius 3 is 1.53 bits per heavy atom. The lowest BCUT2D eigenvalue weighted by molar-refractivity contribution is -0.275. The van der Waals surface area contributed by atoms with Crippen LogP contribution in [0.1, 0.15) is 20.7 Å². The van der Waals surface area contributed by atoms with Gasteiger partial charge in [-0.1, -0.05) is 0 Å². The Morgan fingerprint density at radius 1 is 0.794 bits per heavy atom. The number of carbonyl (C=O) groups excluding carboxylic acids is 2. The summed E-state index contributed by atoms with van der Waals surface area (Å²) in [6.07, 6.45) is -9.85. The number of nitrogens with zero attached hydrogens (tertiary/aromatic N) is 1. The molecule has 186 valence electrons. The number of amides is 1. The predicted molar refractivity (Wildman–Crippen MR) is 97.6 cm³/mol. The van der Waals surface area contributed by atoms with Crippen LogP contribution < -0.4 is 20.9 Å². The molecule has 0 fully saturated rings. The number of guanidine groups is 1. The van der Waals surface area contributed by atoms with Crippen molar-refractivity contribution in [2.75, 3.05) is 7.11 Å². The van der Waals surface area contributed by atoms with Crippen LogP contribution in [0.5, 0.6) is 11.5 Å². The number of alkyl halides is 6. The van der Waals surface area contributed by atoms with E-state index in [-0.39, 0.29) is 0 Å². The van der Waals surface area contributed by atoms with Gasteiger partial charge in [-0.2, -0.15) is 4.99 Å². The van der Waals surface area contributed by atoms with Gasteiger partial charge in [0.2, 0.25) is 0 Å². The van der Waals surface area contributed by atoms with Gasteiger partial charge in [-0.25, -0.2) is 13.6 Å². The number of carbonyl (C=O) groups is 2.